The van der Waals surface area contributed by atoms with Gasteiger partial charge in [0.15, 0.2) is 0 Å². The quantitative estimate of drug-likeness (QED) is 0.642. The molecule has 1 aromatic carbocycles. The Balaban J connectivity index is 2.42. The van der Waals surface area contributed by atoms with Crippen LogP contribution in [0.5, 0.6) is 0 Å². The molecule has 1 nitrogen and oxygen atoms in total. The summed E-state index contributed by atoms with van der Waals surface area (Å²) < 4.78 is 1.17. The van der Waals surface area contributed by atoms with Crippen molar-refractivity contribution in [3.8, 4) is 0 Å². The van der Waals surface area contributed by atoms with Gasteiger partial charge in [0.1, 0.15) is 0 Å². The molecule has 0 fully saturated rings. The minimum atomic E-state index is 0.850. The van der Waals surface area contributed by atoms with E-state index in [0.29, 0.717) is 0 Å². The number of aryl methyl sites for hydroxylation is 1. The Kier molecular flexibility index (Phi) is 2.26. The number of benzene rings is 1. The molecule has 0 radical (unpaired) electrons. The van der Waals surface area contributed by atoms with Gasteiger partial charge < -0.3 is 0 Å². The molecule has 0 N–H and O–H groups in total. The fraction of sp³-hybridized carbons (Fsp3) is 0.300. The number of fused-ring (bicyclic) bond motifs is 1. The van der Waals surface area contributed by atoms with Crippen molar-refractivity contribution in [2.24, 2.45) is 4.99 Å². The Morgan fingerprint density at radius 2 is 2.17 bits per heavy atom. The van der Waals surface area contributed by atoms with Crippen LogP contribution < -0.4 is 0 Å². The Morgan fingerprint density at radius 1 is 1.25 bits per heavy atom. The summed E-state index contributed by atoms with van der Waals surface area (Å²) in [6.45, 7) is 0.850. The first kappa shape index (κ1) is 7.99. The van der Waals surface area contributed by atoms with Gasteiger partial charge >= 0.3 is 0 Å². The molecular formula is C10H10BrN. The predicted molar refractivity (Wildman–Crippen MR) is 54.7 cm³/mol. The molecule has 0 amide bonds. The number of rotatable bonds is 0. The van der Waals surface area contributed by atoms with Gasteiger partial charge in [-0.2, -0.15) is 0 Å². The van der Waals surface area contributed by atoms with E-state index in [0.717, 1.165) is 19.4 Å². The highest BCUT2D eigenvalue weighted by molar-refractivity contribution is 9.10. The fourth-order valence-electron chi connectivity index (χ4n) is 1.46. The van der Waals surface area contributed by atoms with Crippen molar-refractivity contribution in [3.05, 3.63) is 33.8 Å². The first-order valence-electron chi connectivity index (χ1n) is 4.12. The smallest absolute Gasteiger partial charge is 0.0638 e. The van der Waals surface area contributed by atoms with Crippen molar-refractivity contribution >= 4 is 22.1 Å². The van der Waals surface area contributed by atoms with E-state index in [1.165, 1.54) is 15.6 Å². The molecular weight excluding hydrogens is 214 g/mol. The van der Waals surface area contributed by atoms with E-state index >= 15 is 0 Å². The maximum Gasteiger partial charge on any atom is 0.0638 e. The van der Waals surface area contributed by atoms with Crippen LogP contribution in [0.15, 0.2) is 27.7 Å². The first-order chi connectivity index (χ1) is 5.86. The zero-order valence-electron chi connectivity index (χ0n) is 6.76. The van der Waals surface area contributed by atoms with E-state index in [1.807, 2.05) is 6.21 Å². The molecule has 0 saturated heterocycles. The second kappa shape index (κ2) is 3.40. The van der Waals surface area contributed by atoms with Crippen molar-refractivity contribution in [3.63, 3.8) is 0 Å². The predicted octanol–water partition coefficient (Wildman–Crippen LogP) is 2.97. The highest BCUT2D eigenvalue weighted by atomic mass is 79.9. The van der Waals surface area contributed by atoms with Crippen LogP contribution in [-0.4, -0.2) is 6.21 Å². The second-order valence-corrected chi connectivity index (χ2v) is 3.89. The molecule has 62 valence electrons. The molecule has 0 atom stereocenters. The SMILES string of the molecule is Brc1ccc2c(c1)CCC=NC2. The number of hydrogen-bond acceptors (Lipinski definition) is 1. The van der Waals surface area contributed by atoms with E-state index in [9.17, 15) is 0 Å². The van der Waals surface area contributed by atoms with Gasteiger partial charge in [-0.05, 0) is 42.3 Å². The van der Waals surface area contributed by atoms with Crippen LogP contribution in [0, 0.1) is 0 Å². The average Bonchev–Trinajstić information content (AvgIpc) is 2.28. The summed E-state index contributed by atoms with van der Waals surface area (Å²) in [5.74, 6) is 0. The van der Waals surface area contributed by atoms with Crippen molar-refractivity contribution in [1.82, 2.24) is 0 Å². The number of hydrogen-bond donors (Lipinski definition) is 0. The van der Waals surface area contributed by atoms with Gasteiger partial charge in [0, 0.05) is 4.47 Å². The molecule has 2 rings (SSSR count). The van der Waals surface area contributed by atoms with Crippen LogP contribution in [0.3, 0.4) is 0 Å². The normalized spacial score (nSPS) is 15.4. The molecule has 0 aliphatic carbocycles. The van der Waals surface area contributed by atoms with Crippen LogP contribution in [-0.2, 0) is 13.0 Å². The van der Waals surface area contributed by atoms with Crippen LogP contribution >= 0.6 is 15.9 Å². The Hall–Kier alpha value is -0.630. The first-order valence-corrected chi connectivity index (χ1v) is 4.91. The van der Waals surface area contributed by atoms with Crippen LogP contribution in [0.1, 0.15) is 17.5 Å². The van der Waals surface area contributed by atoms with Gasteiger partial charge in [0.25, 0.3) is 0 Å². The zero-order chi connectivity index (χ0) is 8.39. The largest absolute Gasteiger partial charge is 0.293 e. The lowest BCUT2D eigenvalue weighted by atomic mass is 10.0. The Morgan fingerprint density at radius 3 is 3.08 bits per heavy atom. The lowest BCUT2D eigenvalue weighted by molar-refractivity contribution is 1.02. The summed E-state index contributed by atoms with van der Waals surface area (Å²) >= 11 is 3.48. The molecule has 2 heteroatoms. The van der Waals surface area contributed by atoms with Crippen molar-refractivity contribution < 1.29 is 0 Å². The van der Waals surface area contributed by atoms with E-state index in [4.69, 9.17) is 0 Å². The average molecular weight is 224 g/mol. The molecule has 0 spiro atoms. The molecule has 1 aromatic rings. The zero-order valence-corrected chi connectivity index (χ0v) is 8.34. The number of nitrogens with zero attached hydrogens (tertiary/aromatic N) is 1. The molecule has 0 aromatic heterocycles. The molecule has 12 heavy (non-hydrogen) atoms. The number of aliphatic imine (C=N–C) groups is 1. The molecule has 1 aliphatic heterocycles. The lowest BCUT2D eigenvalue weighted by Gasteiger charge is -2.03. The maximum atomic E-state index is 4.30. The van der Waals surface area contributed by atoms with E-state index in [1.54, 1.807) is 0 Å². The molecule has 1 heterocycles. The molecule has 0 unspecified atom stereocenters. The number of halogens is 1. The summed E-state index contributed by atoms with van der Waals surface area (Å²) in [7, 11) is 0. The highest BCUT2D eigenvalue weighted by Crippen LogP contribution is 2.20. The standard InChI is InChI=1S/C10H10BrN/c11-10-4-3-9-7-12-5-1-2-8(9)6-10/h3-6H,1-2,7H2. The molecule has 0 bridgehead atoms. The molecule has 0 saturated carbocycles. The molecule has 1 aliphatic rings. The van der Waals surface area contributed by atoms with Crippen LogP contribution in [0.2, 0.25) is 0 Å². The third kappa shape index (κ3) is 1.58. The van der Waals surface area contributed by atoms with Gasteiger partial charge in [-0.25, -0.2) is 0 Å². The lowest BCUT2D eigenvalue weighted by Crippen LogP contribution is -1.90. The summed E-state index contributed by atoms with van der Waals surface area (Å²) in [6, 6.07) is 6.44. The summed E-state index contributed by atoms with van der Waals surface area (Å²) in [4.78, 5) is 4.30. The third-order valence-corrected chi connectivity index (χ3v) is 2.60. The second-order valence-electron chi connectivity index (χ2n) is 2.97. The Labute approximate surface area is 80.6 Å². The Bertz CT molecular complexity index is 318. The topological polar surface area (TPSA) is 12.4 Å². The third-order valence-electron chi connectivity index (χ3n) is 2.10. The van der Waals surface area contributed by atoms with Crippen molar-refractivity contribution in [2.45, 2.75) is 19.4 Å². The van der Waals surface area contributed by atoms with Gasteiger partial charge in [0.2, 0.25) is 0 Å². The van der Waals surface area contributed by atoms with E-state index in [2.05, 4.69) is 39.1 Å². The van der Waals surface area contributed by atoms with Gasteiger partial charge in [-0.3, -0.25) is 4.99 Å². The van der Waals surface area contributed by atoms with Crippen molar-refractivity contribution in [1.29, 1.82) is 0 Å². The van der Waals surface area contributed by atoms with Gasteiger partial charge in [-0.15, -0.1) is 0 Å². The van der Waals surface area contributed by atoms with Gasteiger partial charge in [0.05, 0.1) is 6.54 Å². The van der Waals surface area contributed by atoms with Gasteiger partial charge in [-0.1, -0.05) is 22.0 Å². The minimum Gasteiger partial charge on any atom is -0.293 e. The summed E-state index contributed by atoms with van der Waals surface area (Å²) in [6.07, 6.45) is 4.22. The fourth-order valence-corrected chi connectivity index (χ4v) is 1.86. The minimum absolute atomic E-state index is 0.850. The van der Waals surface area contributed by atoms with Crippen molar-refractivity contribution in [2.75, 3.05) is 0 Å². The monoisotopic (exact) mass is 223 g/mol. The maximum absolute atomic E-state index is 4.30. The van der Waals surface area contributed by atoms with E-state index in [-0.39, 0.29) is 0 Å². The highest BCUT2D eigenvalue weighted by Gasteiger charge is 2.04. The van der Waals surface area contributed by atoms with Crippen LogP contribution in [0.4, 0.5) is 0 Å². The van der Waals surface area contributed by atoms with Crippen LogP contribution in [0.25, 0.3) is 0 Å². The summed E-state index contributed by atoms with van der Waals surface area (Å²) in [5, 5.41) is 0. The van der Waals surface area contributed by atoms with E-state index < -0.39 is 0 Å². The summed E-state index contributed by atoms with van der Waals surface area (Å²) in [5.41, 5.74) is 2.80.